The van der Waals surface area contributed by atoms with E-state index in [0.717, 1.165) is 12.8 Å². The molecule has 0 rings (SSSR count). The predicted octanol–water partition coefficient (Wildman–Crippen LogP) is 6.02. The Morgan fingerprint density at radius 1 is 0.704 bits per heavy atom. The third-order valence-corrected chi connectivity index (χ3v) is 5.25. The Hall–Kier alpha value is -1.06. The third-order valence-electron chi connectivity index (χ3n) is 5.25. The number of unbranched alkanes of at least 4 members (excludes halogenated alkanes) is 14. The maximum Gasteiger partial charge on any atom is 0.220 e. The number of hydrogen-bond donors (Lipinski definition) is 2. The van der Waals surface area contributed by atoms with E-state index in [4.69, 9.17) is 5.73 Å². The Kier molecular flexibility index (Phi) is 18.9. The largest absolute Gasteiger partial charge is 0.370 e. The zero-order valence-corrected chi connectivity index (χ0v) is 18.2. The molecule has 27 heavy (non-hydrogen) atoms. The molecule has 160 valence electrons. The fourth-order valence-corrected chi connectivity index (χ4v) is 3.48. The van der Waals surface area contributed by atoms with Crippen LogP contribution < -0.4 is 11.1 Å². The number of nitrogens with one attached hydrogen (secondary N) is 1. The van der Waals surface area contributed by atoms with Gasteiger partial charge in [-0.25, -0.2) is 0 Å². The number of nitrogens with two attached hydrogens (primary N) is 1. The maximum atomic E-state index is 11.6. The molecule has 0 saturated heterocycles. The Morgan fingerprint density at radius 2 is 1.11 bits per heavy atom. The molecule has 0 spiro atoms. The van der Waals surface area contributed by atoms with E-state index in [2.05, 4.69) is 12.2 Å². The van der Waals surface area contributed by atoms with Crippen LogP contribution in [-0.2, 0) is 9.59 Å². The molecule has 0 saturated carbocycles. The molecule has 0 radical (unpaired) electrons. The van der Waals surface area contributed by atoms with Gasteiger partial charge in [0.2, 0.25) is 11.8 Å². The summed E-state index contributed by atoms with van der Waals surface area (Å²) in [6.07, 6.45) is 21.9. The molecule has 0 aromatic heterocycles. The van der Waals surface area contributed by atoms with Gasteiger partial charge < -0.3 is 11.1 Å². The van der Waals surface area contributed by atoms with Crippen molar-refractivity contribution in [2.75, 3.05) is 0 Å². The van der Waals surface area contributed by atoms with Gasteiger partial charge in [-0.2, -0.15) is 0 Å². The summed E-state index contributed by atoms with van der Waals surface area (Å²) in [5.41, 5.74) is 5.05. The summed E-state index contributed by atoms with van der Waals surface area (Å²) in [6.45, 7) is 4.31. The van der Waals surface area contributed by atoms with Gasteiger partial charge in [0.25, 0.3) is 0 Å². The highest BCUT2D eigenvalue weighted by Crippen LogP contribution is 2.14. The van der Waals surface area contributed by atoms with Crippen LogP contribution in [0.5, 0.6) is 0 Å². The first-order valence-corrected chi connectivity index (χ1v) is 11.6. The SMILES string of the molecule is CCCCCCCCCCCCCCCCCC(C)NC(=O)CCC(N)=O. The molecule has 1 unspecified atom stereocenters. The molecular formula is C23H46N2O2. The zero-order chi connectivity index (χ0) is 20.2. The average molecular weight is 383 g/mol. The molecule has 3 N–H and O–H groups in total. The second-order valence-electron chi connectivity index (χ2n) is 8.17. The normalized spacial score (nSPS) is 12.1. The number of carbonyl (C=O) groups excluding carboxylic acids is 2. The van der Waals surface area contributed by atoms with Crippen LogP contribution in [0.25, 0.3) is 0 Å². The van der Waals surface area contributed by atoms with Gasteiger partial charge in [0.1, 0.15) is 0 Å². The van der Waals surface area contributed by atoms with E-state index in [1.54, 1.807) is 0 Å². The molecule has 0 aliphatic heterocycles. The highest BCUT2D eigenvalue weighted by Gasteiger charge is 2.08. The summed E-state index contributed by atoms with van der Waals surface area (Å²) in [7, 11) is 0. The van der Waals surface area contributed by atoms with Crippen molar-refractivity contribution in [1.82, 2.24) is 5.32 Å². The molecule has 0 heterocycles. The first-order chi connectivity index (χ1) is 13.1. The Bertz CT molecular complexity index is 358. The van der Waals surface area contributed by atoms with Crippen LogP contribution in [-0.4, -0.2) is 17.9 Å². The Labute approximate surface area is 168 Å². The lowest BCUT2D eigenvalue weighted by atomic mass is 10.0. The Balaban J connectivity index is 3.24. The van der Waals surface area contributed by atoms with Crippen LogP contribution in [0.1, 0.15) is 129 Å². The van der Waals surface area contributed by atoms with Crippen molar-refractivity contribution < 1.29 is 9.59 Å². The number of amides is 2. The third kappa shape index (κ3) is 21.1. The second-order valence-corrected chi connectivity index (χ2v) is 8.17. The summed E-state index contributed by atoms with van der Waals surface area (Å²) in [5, 5.41) is 2.94. The molecule has 4 nitrogen and oxygen atoms in total. The highest BCUT2D eigenvalue weighted by atomic mass is 16.2. The van der Waals surface area contributed by atoms with Crippen LogP contribution in [0.4, 0.5) is 0 Å². The quantitative estimate of drug-likeness (QED) is 0.253. The van der Waals surface area contributed by atoms with Crippen molar-refractivity contribution in [3.8, 4) is 0 Å². The van der Waals surface area contributed by atoms with Gasteiger partial charge in [0, 0.05) is 18.9 Å². The molecule has 0 aromatic carbocycles. The zero-order valence-electron chi connectivity index (χ0n) is 18.2. The summed E-state index contributed by atoms with van der Waals surface area (Å²) in [6, 6.07) is 0.187. The van der Waals surface area contributed by atoms with E-state index in [-0.39, 0.29) is 24.8 Å². The molecular weight excluding hydrogens is 336 g/mol. The van der Waals surface area contributed by atoms with E-state index >= 15 is 0 Å². The minimum Gasteiger partial charge on any atom is -0.370 e. The summed E-state index contributed by atoms with van der Waals surface area (Å²) in [5.74, 6) is -0.484. The van der Waals surface area contributed by atoms with E-state index < -0.39 is 5.91 Å². The lowest BCUT2D eigenvalue weighted by Crippen LogP contribution is -2.33. The fourth-order valence-electron chi connectivity index (χ4n) is 3.48. The molecule has 0 fully saturated rings. The molecule has 2 amide bonds. The lowest BCUT2D eigenvalue weighted by molar-refractivity contribution is -0.125. The monoisotopic (exact) mass is 382 g/mol. The summed E-state index contributed by atoms with van der Waals surface area (Å²) in [4.78, 5) is 22.3. The lowest BCUT2D eigenvalue weighted by Gasteiger charge is -2.13. The summed E-state index contributed by atoms with van der Waals surface area (Å²) >= 11 is 0. The van der Waals surface area contributed by atoms with Crippen LogP contribution >= 0.6 is 0 Å². The minimum atomic E-state index is -0.416. The van der Waals surface area contributed by atoms with Gasteiger partial charge in [-0.05, 0) is 13.3 Å². The smallest absolute Gasteiger partial charge is 0.220 e. The molecule has 0 aliphatic carbocycles. The van der Waals surface area contributed by atoms with Crippen molar-refractivity contribution in [3.05, 3.63) is 0 Å². The van der Waals surface area contributed by atoms with Gasteiger partial charge in [0.05, 0.1) is 0 Å². The van der Waals surface area contributed by atoms with Crippen LogP contribution in [0, 0.1) is 0 Å². The Morgan fingerprint density at radius 3 is 1.52 bits per heavy atom. The minimum absolute atomic E-state index is 0.0674. The standard InChI is InChI=1S/C23H46N2O2/c1-3-4-5-6-7-8-9-10-11-12-13-14-15-16-17-18-21(2)25-23(27)20-19-22(24)26/h21H,3-20H2,1-2H3,(H2,24,26)(H,25,27). The van der Waals surface area contributed by atoms with Gasteiger partial charge in [-0.3, -0.25) is 9.59 Å². The van der Waals surface area contributed by atoms with E-state index in [0.29, 0.717) is 0 Å². The van der Waals surface area contributed by atoms with E-state index in [1.165, 1.54) is 89.9 Å². The van der Waals surface area contributed by atoms with Gasteiger partial charge in [-0.15, -0.1) is 0 Å². The van der Waals surface area contributed by atoms with Crippen molar-refractivity contribution in [2.24, 2.45) is 5.73 Å². The highest BCUT2D eigenvalue weighted by molar-refractivity contribution is 5.82. The van der Waals surface area contributed by atoms with Gasteiger partial charge in [-0.1, -0.05) is 103 Å². The topological polar surface area (TPSA) is 72.2 Å². The number of hydrogen-bond acceptors (Lipinski definition) is 2. The first kappa shape index (κ1) is 25.9. The first-order valence-electron chi connectivity index (χ1n) is 11.6. The van der Waals surface area contributed by atoms with Crippen LogP contribution in [0.15, 0.2) is 0 Å². The van der Waals surface area contributed by atoms with Crippen molar-refractivity contribution >= 4 is 11.8 Å². The summed E-state index contributed by atoms with van der Waals surface area (Å²) < 4.78 is 0. The van der Waals surface area contributed by atoms with Crippen LogP contribution in [0.2, 0.25) is 0 Å². The van der Waals surface area contributed by atoms with Crippen molar-refractivity contribution in [3.63, 3.8) is 0 Å². The second kappa shape index (κ2) is 19.7. The molecule has 4 heteroatoms. The maximum absolute atomic E-state index is 11.6. The number of carbonyl (C=O) groups is 2. The van der Waals surface area contributed by atoms with E-state index in [1.807, 2.05) is 6.92 Å². The molecule has 0 aliphatic rings. The average Bonchev–Trinajstić information content (AvgIpc) is 2.63. The molecule has 0 bridgehead atoms. The van der Waals surface area contributed by atoms with Crippen LogP contribution in [0.3, 0.4) is 0 Å². The van der Waals surface area contributed by atoms with Crippen molar-refractivity contribution in [2.45, 2.75) is 135 Å². The number of primary amides is 1. The molecule has 1 atom stereocenters. The van der Waals surface area contributed by atoms with Crippen molar-refractivity contribution in [1.29, 1.82) is 0 Å². The number of rotatable bonds is 20. The molecule has 0 aromatic rings. The van der Waals surface area contributed by atoms with E-state index in [9.17, 15) is 9.59 Å². The van der Waals surface area contributed by atoms with Gasteiger partial charge >= 0.3 is 0 Å². The fraction of sp³-hybridized carbons (Fsp3) is 0.913. The van der Waals surface area contributed by atoms with Gasteiger partial charge in [0.15, 0.2) is 0 Å². The predicted molar refractivity (Wildman–Crippen MR) is 116 cm³/mol.